The van der Waals surface area contributed by atoms with E-state index in [-0.39, 0.29) is 43.8 Å². The van der Waals surface area contributed by atoms with E-state index < -0.39 is 28.8 Å². The summed E-state index contributed by atoms with van der Waals surface area (Å²) in [5.74, 6) is -1.04. The average molecular weight is 425 g/mol. The summed E-state index contributed by atoms with van der Waals surface area (Å²) in [6, 6.07) is 4.48. The van der Waals surface area contributed by atoms with Crippen LogP contribution in [0.1, 0.15) is 24.8 Å². The molecule has 3 rings (SSSR count). The van der Waals surface area contributed by atoms with Crippen molar-refractivity contribution in [1.82, 2.24) is 9.62 Å². The van der Waals surface area contributed by atoms with E-state index in [9.17, 15) is 23.1 Å². The zero-order chi connectivity index (χ0) is 21.2. The van der Waals surface area contributed by atoms with E-state index in [4.69, 9.17) is 4.74 Å². The highest BCUT2D eigenvalue weighted by Crippen LogP contribution is 2.50. The molecule has 2 atom stereocenters. The number of nitrogens with one attached hydrogen (secondary N) is 1. The third-order valence-electron chi connectivity index (χ3n) is 5.06. The van der Waals surface area contributed by atoms with E-state index in [1.165, 1.54) is 28.3 Å². The highest BCUT2D eigenvalue weighted by Gasteiger charge is 2.33. The fourth-order valence-electron chi connectivity index (χ4n) is 3.57. The second kappa shape index (κ2) is 8.70. The molecule has 2 unspecified atom stereocenters. The van der Waals surface area contributed by atoms with E-state index in [2.05, 4.69) is 11.9 Å². The van der Waals surface area contributed by atoms with Crippen LogP contribution in [0.2, 0.25) is 0 Å². The van der Waals surface area contributed by atoms with Gasteiger partial charge in [-0.25, -0.2) is 9.18 Å². The normalized spacial score (nSPS) is 25.4. The number of carbonyl (C=O) groups excluding carboxylic acids is 2. The van der Waals surface area contributed by atoms with E-state index in [1.807, 2.05) is 0 Å². The molecular formula is C19H24FN3O5S-2. The number of sulfonamides is 1. The molecule has 2 amide bonds. The lowest BCUT2D eigenvalue weighted by atomic mass is 9.95. The lowest BCUT2D eigenvalue weighted by Gasteiger charge is -2.69. The molecule has 0 aliphatic carbocycles. The molecule has 0 saturated carbocycles. The summed E-state index contributed by atoms with van der Waals surface area (Å²) < 4.78 is 45.6. The van der Waals surface area contributed by atoms with Crippen LogP contribution in [0.15, 0.2) is 30.9 Å². The first-order valence-corrected chi connectivity index (χ1v) is 10.9. The number of anilines is 1. The summed E-state index contributed by atoms with van der Waals surface area (Å²) in [4.78, 5) is 24.4. The first-order chi connectivity index (χ1) is 13.7. The topological polar surface area (TPSA) is 108 Å². The molecule has 2 heterocycles. The van der Waals surface area contributed by atoms with Gasteiger partial charge in [0.15, 0.2) is 0 Å². The fourth-order valence-corrected chi connectivity index (χ4v) is 5.15. The van der Waals surface area contributed by atoms with Crippen molar-refractivity contribution >= 4 is 28.5 Å². The number of rotatable bonds is 6. The zero-order valence-corrected chi connectivity index (χ0v) is 17.0. The van der Waals surface area contributed by atoms with Gasteiger partial charge in [0.1, 0.15) is 11.9 Å². The minimum atomic E-state index is -3.35. The van der Waals surface area contributed by atoms with Gasteiger partial charge in [0.05, 0.1) is 18.8 Å². The van der Waals surface area contributed by atoms with Crippen LogP contribution < -0.4 is 10.2 Å². The smallest absolute Gasteiger partial charge is 0.414 e. The Balaban J connectivity index is 1.71. The first-order valence-electron chi connectivity index (χ1n) is 9.32. The molecular weight excluding hydrogens is 401 g/mol. The summed E-state index contributed by atoms with van der Waals surface area (Å²) in [6.07, 6.45) is 0.727. The number of halogens is 1. The van der Waals surface area contributed by atoms with E-state index in [1.54, 1.807) is 12.1 Å². The predicted molar refractivity (Wildman–Crippen MR) is 106 cm³/mol. The number of benzene rings is 1. The van der Waals surface area contributed by atoms with Gasteiger partial charge in [0, 0.05) is 25.9 Å². The Kier molecular flexibility index (Phi) is 6.47. The van der Waals surface area contributed by atoms with Crippen LogP contribution in [-0.4, -0.2) is 63.4 Å². The SMILES string of the molecule is C=CCN1CC(c2ccc(N3CC(CNC(C)=O)OC3=O)cc2F)CCS1([O-])[O-]. The van der Waals surface area contributed by atoms with Gasteiger partial charge in [-0.1, -0.05) is 12.1 Å². The Morgan fingerprint density at radius 3 is 2.86 bits per heavy atom. The number of hydrogen-bond acceptors (Lipinski definition) is 6. The fraction of sp³-hybridized carbons (Fsp3) is 0.474. The minimum absolute atomic E-state index is 0.0457. The van der Waals surface area contributed by atoms with E-state index >= 15 is 0 Å². The predicted octanol–water partition coefficient (Wildman–Crippen LogP) is 2.24. The maximum atomic E-state index is 14.8. The molecule has 0 bridgehead atoms. The lowest BCUT2D eigenvalue weighted by molar-refractivity contribution is -0.119. The Bertz CT molecular complexity index is 806. The molecule has 10 heteroatoms. The van der Waals surface area contributed by atoms with Gasteiger partial charge in [-0.3, -0.25) is 14.0 Å². The molecule has 0 aromatic heterocycles. The van der Waals surface area contributed by atoms with E-state index in [0.29, 0.717) is 17.7 Å². The summed E-state index contributed by atoms with van der Waals surface area (Å²) in [5, 5.41) is 2.59. The maximum Gasteiger partial charge on any atom is 0.414 e. The van der Waals surface area contributed by atoms with Crippen molar-refractivity contribution in [1.29, 1.82) is 0 Å². The Morgan fingerprint density at radius 2 is 2.21 bits per heavy atom. The Morgan fingerprint density at radius 1 is 1.45 bits per heavy atom. The molecule has 2 fully saturated rings. The van der Waals surface area contributed by atoms with Crippen molar-refractivity contribution in [3.63, 3.8) is 0 Å². The molecule has 2 aliphatic heterocycles. The van der Waals surface area contributed by atoms with Crippen LogP contribution >= 0.6 is 10.8 Å². The van der Waals surface area contributed by atoms with Gasteiger partial charge < -0.3 is 29.9 Å². The molecule has 0 radical (unpaired) electrons. The van der Waals surface area contributed by atoms with Crippen LogP contribution in [0.5, 0.6) is 0 Å². The Hall–Kier alpha value is -2.14. The number of cyclic esters (lactones) is 1. The zero-order valence-electron chi connectivity index (χ0n) is 16.1. The summed E-state index contributed by atoms with van der Waals surface area (Å²) in [6.45, 7) is 5.71. The van der Waals surface area contributed by atoms with E-state index in [0.717, 1.165) is 0 Å². The van der Waals surface area contributed by atoms with Gasteiger partial charge >= 0.3 is 6.09 Å². The maximum absolute atomic E-state index is 14.8. The summed E-state index contributed by atoms with van der Waals surface area (Å²) >= 11 is 0. The summed E-state index contributed by atoms with van der Waals surface area (Å²) in [7, 11) is -3.35. The minimum Gasteiger partial charge on any atom is -0.787 e. The van der Waals surface area contributed by atoms with Gasteiger partial charge in [-0.2, -0.15) is 0 Å². The van der Waals surface area contributed by atoms with Gasteiger partial charge in [-0.15, -0.1) is 6.58 Å². The quantitative estimate of drug-likeness (QED) is 0.701. The molecule has 8 nitrogen and oxygen atoms in total. The van der Waals surface area contributed by atoms with Crippen LogP contribution in [0, 0.1) is 5.82 Å². The van der Waals surface area contributed by atoms with Crippen molar-refractivity contribution in [3.8, 4) is 0 Å². The van der Waals surface area contributed by atoms with Crippen LogP contribution in [0.4, 0.5) is 14.9 Å². The molecule has 1 aromatic rings. The second-order valence-corrected chi connectivity index (χ2v) is 9.26. The highest BCUT2D eigenvalue weighted by molar-refractivity contribution is 8.22. The number of amides is 2. The molecule has 2 aliphatic rings. The molecule has 0 spiro atoms. The average Bonchev–Trinajstić information content (AvgIpc) is 3.03. The summed E-state index contributed by atoms with van der Waals surface area (Å²) in [5.41, 5.74) is 0.771. The lowest BCUT2D eigenvalue weighted by Crippen LogP contribution is -2.39. The van der Waals surface area contributed by atoms with Crippen molar-refractivity contribution in [2.45, 2.75) is 25.4 Å². The van der Waals surface area contributed by atoms with Gasteiger partial charge in [0.25, 0.3) is 0 Å². The van der Waals surface area contributed by atoms with Crippen molar-refractivity contribution in [3.05, 3.63) is 42.2 Å². The third-order valence-corrected chi connectivity index (χ3v) is 6.90. The van der Waals surface area contributed by atoms with Crippen molar-refractivity contribution in [2.24, 2.45) is 0 Å². The largest absolute Gasteiger partial charge is 0.787 e. The number of carbonyl (C=O) groups is 2. The third kappa shape index (κ3) is 4.89. The number of ether oxygens (including phenoxy) is 1. The van der Waals surface area contributed by atoms with Crippen molar-refractivity contribution < 1.29 is 27.8 Å². The Labute approximate surface area is 170 Å². The second-order valence-electron chi connectivity index (χ2n) is 7.17. The van der Waals surface area contributed by atoms with Crippen LogP contribution in [0.25, 0.3) is 0 Å². The van der Waals surface area contributed by atoms with Gasteiger partial charge in [0.2, 0.25) is 5.91 Å². The van der Waals surface area contributed by atoms with Crippen molar-refractivity contribution in [2.75, 3.05) is 36.8 Å². The number of hydrogen-bond donors (Lipinski definition) is 1. The molecule has 2 saturated heterocycles. The molecule has 160 valence electrons. The highest BCUT2D eigenvalue weighted by atomic mass is 32.3. The van der Waals surface area contributed by atoms with Gasteiger partial charge in [-0.05, 0) is 29.9 Å². The monoisotopic (exact) mass is 425 g/mol. The number of nitrogens with zero attached hydrogens (tertiary/aromatic N) is 2. The van der Waals surface area contributed by atoms with Crippen LogP contribution in [0.3, 0.4) is 0 Å². The molecule has 1 aromatic carbocycles. The first kappa shape index (κ1) is 21.6. The standard InChI is InChI=1S/C19H26FN3O5S/c1-3-7-22-11-14(6-8-29(22,26)27)17-5-4-15(9-18(17)20)23-12-16(28-19(23)25)10-21-13(2)24/h3-5,9,14,16,26-27H,1,6-8,10-12H2,2H3,(H,21,24)/p-2. The molecule has 1 N–H and O–H groups in total. The van der Waals surface area contributed by atoms with Crippen LogP contribution in [-0.2, 0) is 9.53 Å². The molecule has 29 heavy (non-hydrogen) atoms.